The quantitative estimate of drug-likeness (QED) is 0.203. The smallest absolute Gasteiger partial charge is 0.333 e. The van der Waals surface area contributed by atoms with Gasteiger partial charge in [-0.05, 0) is 43.5 Å². The Morgan fingerprint density at radius 1 is 1.05 bits per heavy atom. The van der Waals surface area contributed by atoms with Crippen LogP contribution in [0.1, 0.15) is 30.5 Å². The standard InChI is InChI=1S/C24H26FN3.C6H13N3O.C2H4/c1-17-9-10-22(25)23-21(16-26-24(17)23)15-18(2)27-11-13-28(14-12-27)19(3)20-7-5-4-6-8-20;1-4-7-9-6(10)8-5(2)3;1-2/h4-10,16,26H,2-3,11-15H2,1H3;4-5,7H,1H2,2-3H3,(H2,8,9,10);1-2H2. The number of rotatable bonds is 8. The molecule has 2 aromatic carbocycles. The van der Waals surface area contributed by atoms with E-state index < -0.39 is 0 Å². The molecule has 0 spiro atoms. The highest BCUT2D eigenvalue weighted by molar-refractivity contribution is 5.86. The van der Waals surface area contributed by atoms with Gasteiger partial charge in [0.25, 0.3) is 0 Å². The van der Waals surface area contributed by atoms with Gasteiger partial charge in [-0.3, -0.25) is 5.43 Å². The van der Waals surface area contributed by atoms with Gasteiger partial charge < -0.3 is 25.5 Å². The lowest BCUT2D eigenvalue weighted by atomic mass is 10.0. The van der Waals surface area contributed by atoms with Crippen LogP contribution in [0.25, 0.3) is 16.6 Å². The fourth-order valence-electron chi connectivity index (χ4n) is 4.40. The third-order valence-corrected chi connectivity index (χ3v) is 6.39. The van der Waals surface area contributed by atoms with Crippen molar-refractivity contribution in [2.24, 2.45) is 0 Å². The van der Waals surface area contributed by atoms with Gasteiger partial charge in [0, 0.05) is 67.8 Å². The van der Waals surface area contributed by atoms with Crippen molar-refractivity contribution in [3.63, 3.8) is 0 Å². The second-order valence-corrected chi connectivity index (χ2v) is 9.56. The maximum atomic E-state index is 14.4. The number of nitrogens with one attached hydrogen (secondary N) is 4. The molecule has 214 valence electrons. The van der Waals surface area contributed by atoms with Gasteiger partial charge in [0.2, 0.25) is 0 Å². The van der Waals surface area contributed by atoms with Gasteiger partial charge in [-0.2, -0.15) is 0 Å². The molecule has 40 heavy (non-hydrogen) atoms. The van der Waals surface area contributed by atoms with Crippen LogP contribution < -0.4 is 16.2 Å². The molecule has 0 radical (unpaired) electrons. The van der Waals surface area contributed by atoms with Crippen molar-refractivity contribution in [3.05, 3.63) is 116 Å². The number of hydrogen-bond donors (Lipinski definition) is 4. The molecule has 0 unspecified atom stereocenters. The normalized spacial score (nSPS) is 12.4. The van der Waals surface area contributed by atoms with Crippen molar-refractivity contribution in [2.45, 2.75) is 33.2 Å². The summed E-state index contributed by atoms with van der Waals surface area (Å²) in [7, 11) is 0. The summed E-state index contributed by atoms with van der Waals surface area (Å²) in [6.07, 6.45) is 3.96. The Balaban J connectivity index is 0.000000398. The third kappa shape index (κ3) is 8.80. The van der Waals surface area contributed by atoms with Crippen LogP contribution >= 0.6 is 0 Å². The molecule has 2 heterocycles. The average Bonchev–Trinajstić information content (AvgIpc) is 3.40. The molecule has 4 N–H and O–H groups in total. The molecular formula is C32H43FN6O. The first kappa shape index (κ1) is 31.8. The summed E-state index contributed by atoms with van der Waals surface area (Å²) in [6, 6.07) is 13.6. The predicted molar refractivity (Wildman–Crippen MR) is 166 cm³/mol. The van der Waals surface area contributed by atoms with Crippen molar-refractivity contribution < 1.29 is 9.18 Å². The lowest BCUT2D eigenvalue weighted by molar-refractivity contribution is 0.211. The number of carbonyl (C=O) groups excluding carboxylic acids is 1. The van der Waals surface area contributed by atoms with E-state index in [4.69, 9.17) is 0 Å². The summed E-state index contributed by atoms with van der Waals surface area (Å²) in [5.74, 6) is -0.173. The van der Waals surface area contributed by atoms with Gasteiger partial charge in [-0.25, -0.2) is 9.18 Å². The minimum Gasteiger partial charge on any atom is -0.371 e. The summed E-state index contributed by atoms with van der Waals surface area (Å²) in [5, 5.41) is 3.31. The maximum absolute atomic E-state index is 14.4. The van der Waals surface area contributed by atoms with E-state index in [0.29, 0.717) is 11.8 Å². The molecule has 0 saturated carbocycles. The minimum atomic E-state index is -0.255. The van der Waals surface area contributed by atoms with Gasteiger partial charge >= 0.3 is 6.03 Å². The number of aryl methyl sites for hydroxylation is 1. The lowest BCUT2D eigenvalue weighted by Crippen LogP contribution is -2.44. The Kier molecular flexibility index (Phi) is 12.6. The van der Waals surface area contributed by atoms with Crippen molar-refractivity contribution in [3.8, 4) is 0 Å². The van der Waals surface area contributed by atoms with E-state index in [1.807, 2.05) is 51.2 Å². The fourth-order valence-corrected chi connectivity index (χ4v) is 4.40. The van der Waals surface area contributed by atoms with E-state index in [9.17, 15) is 9.18 Å². The molecule has 0 bridgehead atoms. The van der Waals surface area contributed by atoms with E-state index in [1.165, 1.54) is 11.8 Å². The number of allylic oxidation sites excluding steroid dienone is 1. The zero-order valence-electron chi connectivity index (χ0n) is 24.0. The molecule has 7 nitrogen and oxygen atoms in total. The Morgan fingerprint density at radius 3 is 2.27 bits per heavy atom. The van der Waals surface area contributed by atoms with Crippen molar-refractivity contribution in [1.29, 1.82) is 0 Å². The summed E-state index contributed by atoms with van der Waals surface area (Å²) in [5.41, 5.74) is 11.0. The molecule has 4 rings (SSSR count). The Hall–Kier alpha value is -4.46. The second kappa shape index (κ2) is 15.8. The molecule has 1 aliphatic heterocycles. The SMILES string of the molecule is C=C.C=C(Cc1c[nH]c2c(C)ccc(F)c12)N1CCN(C(=C)c2ccccc2)CC1.C=CNNC(=O)NC(C)C. The van der Waals surface area contributed by atoms with Gasteiger partial charge in [0.15, 0.2) is 0 Å². The van der Waals surface area contributed by atoms with Gasteiger partial charge in [0.1, 0.15) is 5.82 Å². The number of carbonyl (C=O) groups is 1. The maximum Gasteiger partial charge on any atom is 0.333 e. The van der Waals surface area contributed by atoms with Crippen LogP contribution in [0.15, 0.2) is 93.5 Å². The average molecular weight is 547 g/mol. The fraction of sp³-hybridized carbons (Fsp3) is 0.281. The zero-order valence-corrected chi connectivity index (χ0v) is 24.0. The Bertz CT molecular complexity index is 1280. The monoisotopic (exact) mass is 546 g/mol. The van der Waals surface area contributed by atoms with Gasteiger partial charge in [0.05, 0.1) is 5.52 Å². The first-order valence-electron chi connectivity index (χ1n) is 13.3. The number of hydrogen-bond acceptors (Lipinski definition) is 4. The van der Waals surface area contributed by atoms with E-state index in [2.05, 4.69) is 76.0 Å². The number of amides is 2. The van der Waals surface area contributed by atoms with E-state index in [-0.39, 0.29) is 17.9 Å². The number of halogens is 1. The molecule has 1 saturated heterocycles. The van der Waals surface area contributed by atoms with Crippen LogP contribution in [0.2, 0.25) is 0 Å². The highest BCUT2D eigenvalue weighted by Crippen LogP contribution is 2.27. The number of piperazine rings is 1. The number of urea groups is 1. The number of aromatic amines is 1. The number of aromatic nitrogens is 1. The molecule has 2 amide bonds. The summed E-state index contributed by atoms with van der Waals surface area (Å²) < 4.78 is 14.4. The molecular weight excluding hydrogens is 503 g/mol. The number of nitrogens with zero attached hydrogens (tertiary/aromatic N) is 2. The van der Waals surface area contributed by atoms with Gasteiger partial charge in [-0.15, -0.1) is 13.2 Å². The Morgan fingerprint density at radius 2 is 1.68 bits per heavy atom. The predicted octanol–water partition coefficient (Wildman–Crippen LogP) is 6.10. The van der Waals surface area contributed by atoms with E-state index in [0.717, 1.165) is 54.2 Å². The summed E-state index contributed by atoms with van der Waals surface area (Å²) >= 11 is 0. The topological polar surface area (TPSA) is 75.4 Å². The van der Waals surface area contributed by atoms with Crippen LogP contribution in [0.4, 0.5) is 9.18 Å². The molecule has 1 aromatic heterocycles. The lowest BCUT2D eigenvalue weighted by Gasteiger charge is -2.39. The second-order valence-electron chi connectivity index (χ2n) is 9.56. The van der Waals surface area contributed by atoms with Crippen LogP contribution in [0.3, 0.4) is 0 Å². The molecule has 1 aliphatic rings. The first-order chi connectivity index (χ1) is 19.2. The highest BCUT2D eigenvalue weighted by Gasteiger charge is 2.21. The molecule has 0 atom stereocenters. The number of H-pyrrole nitrogens is 1. The van der Waals surface area contributed by atoms with Gasteiger partial charge in [-0.1, -0.05) is 56.1 Å². The first-order valence-corrected chi connectivity index (χ1v) is 13.3. The highest BCUT2D eigenvalue weighted by atomic mass is 19.1. The number of benzene rings is 2. The van der Waals surface area contributed by atoms with E-state index in [1.54, 1.807) is 6.07 Å². The number of hydrazine groups is 1. The van der Waals surface area contributed by atoms with Crippen molar-refractivity contribution in [1.82, 2.24) is 31.0 Å². The summed E-state index contributed by atoms with van der Waals surface area (Å²) in [4.78, 5) is 18.5. The largest absolute Gasteiger partial charge is 0.371 e. The van der Waals surface area contributed by atoms with Crippen LogP contribution in [-0.2, 0) is 6.42 Å². The zero-order chi connectivity index (χ0) is 29.7. The number of fused-ring (bicyclic) bond motifs is 1. The van der Waals surface area contributed by atoms with Crippen LogP contribution in [0, 0.1) is 12.7 Å². The van der Waals surface area contributed by atoms with Crippen molar-refractivity contribution in [2.75, 3.05) is 26.2 Å². The molecule has 1 fully saturated rings. The molecule has 8 heteroatoms. The third-order valence-electron chi connectivity index (χ3n) is 6.39. The summed E-state index contributed by atoms with van der Waals surface area (Å²) in [6.45, 7) is 27.3. The van der Waals surface area contributed by atoms with Crippen molar-refractivity contribution >= 4 is 22.6 Å². The molecule has 3 aromatic rings. The molecule has 0 aliphatic carbocycles. The minimum absolute atomic E-state index is 0.145. The Labute approximate surface area is 238 Å². The van der Waals surface area contributed by atoms with E-state index >= 15 is 0 Å². The van der Waals surface area contributed by atoms with Crippen LogP contribution in [0.5, 0.6) is 0 Å². The van der Waals surface area contributed by atoms with Crippen LogP contribution in [-0.4, -0.2) is 53.0 Å².